The van der Waals surface area contributed by atoms with Crippen LogP contribution in [0.1, 0.15) is 10.4 Å². The summed E-state index contributed by atoms with van der Waals surface area (Å²) in [7, 11) is 1.53. The van der Waals surface area contributed by atoms with Crippen molar-refractivity contribution in [3.63, 3.8) is 0 Å². The van der Waals surface area contributed by atoms with Gasteiger partial charge in [0.15, 0.2) is 0 Å². The molecule has 0 saturated carbocycles. The van der Waals surface area contributed by atoms with Crippen LogP contribution in [0, 0.1) is 0 Å². The Labute approximate surface area is 124 Å². The molecule has 0 fully saturated rings. The Kier molecular flexibility index (Phi) is 4.51. The highest BCUT2D eigenvalue weighted by atomic mass is 79.9. The number of halogens is 1. The number of hydrogen-bond donors (Lipinski definition) is 1. The van der Waals surface area contributed by atoms with E-state index in [4.69, 9.17) is 4.74 Å². The van der Waals surface area contributed by atoms with E-state index in [1.165, 1.54) is 12.0 Å². The van der Waals surface area contributed by atoms with Crippen molar-refractivity contribution in [3.05, 3.63) is 28.2 Å². The second-order valence-corrected chi connectivity index (χ2v) is 5.14. The lowest BCUT2D eigenvalue weighted by Gasteiger charge is -2.16. The Bertz CT molecular complexity index is 573. The second-order valence-electron chi connectivity index (χ2n) is 4.22. The van der Waals surface area contributed by atoms with Gasteiger partial charge in [0.05, 0.1) is 17.9 Å². The third-order valence-corrected chi connectivity index (χ3v) is 3.36. The molecule has 1 aromatic rings. The van der Waals surface area contributed by atoms with Crippen molar-refractivity contribution in [2.75, 3.05) is 31.7 Å². The number of nitrogens with one attached hydrogen (secondary N) is 1. The van der Waals surface area contributed by atoms with E-state index in [0.717, 1.165) is 4.47 Å². The average Bonchev–Trinajstić information content (AvgIpc) is 2.64. The predicted molar refractivity (Wildman–Crippen MR) is 75.7 cm³/mol. The van der Waals surface area contributed by atoms with Crippen LogP contribution in [0.3, 0.4) is 0 Å². The van der Waals surface area contributed by atoms with Crippen LogP contribution in [-0.2, 0) is 14.3 Å². The Balaban J connectivity index is 2.13. The molecule has 0 bridgehead atoms. The van der Waals surface area contributed by atoms with Gasteiger partial charge in [0.2, 0.25) is 5.91 Å². The zero-order valence-corrected chi connectivity index (χ0v) is 12.4. The van der Waals surface area contributed by atoms with Gasteiger partial charge >= 0.3 is 0 Å². The van der Waals surface area contributed by atoms with Gasteiger partial charge in [0.25, 0.3) is 11.7 Å². The summed E-state index contributed by atoms with van der Waals surface area (Å²) in [6.07, 6.45) is 0. The molecule has 2 rings (SSSR count). The van der Waals surface area contributed by atoms with E-state index in [9.17, 15) is 14.4 Å². The van der Waals surface area contributed by atoms with Crippen molar-refractivity contribution in [2.45, 2.75) is 0 Å². The summed E-state index contributed by atoms with van der Waals surface area (Å²) < 4.78 is 5.56. The number of hydrogen-bond acceptors (Lipinski definition) is 4. The van der Waals surface area contributed by atoms with Crippen LogP contribution in [0.4, 0.5) is 5.69 Å². The minimum absolute atomic E-state index is 0.183. The van der Waals surface area contributed by atoms with Gasteiger partial charge in [-0.2, -0.15) is 0 Å². The number of carbonyl (C=O) groups is 3. The Morgan fingerprint density at radius 3 is 2.85 bits per heavy atom. The van der Waals surface area contributed by atoms with E-state index >= 15 is 0 Å². The molecule has 2 amide bonds. The van der Waals surface area contributed by atoms with E-state index in [0.29, 0.717) is 24.4 Å². The molecule has 1 N–H and O–H groups in total. The molecule has 0 aromatic heterocycles. The van der Waals surface area contributed by atoms with Gasteiger partial charge in [-0.1, -0.05) is 15.9 Å². The maximum absolute atomic E-state index is 11.9. The van der Waals surface area contributed by atoms with Crippen molar-refractivity contribution >= 4 is 39.2 Å². The smallest absolute Gasteiger partial charge is 0.299 e. The average molecular weight is 341 g/mol. The Hall–Kier alpha value is -1.73. The Morgan fingerprint density at radius 1 is 1.40 bits per heavy atom. The molecule has 0 unspecified atom stereocenters. The highest BCUT2D eigenvalue weighted by molar-refractivity contribution is 9.10. The molecule has 6 nitrogen and oxygen atoms in total. The molecule has 0 aliphatic carbocycles. The number of rotatable bonds is 5. The fourth-order valence-electron chi connectivity index (χ4n) is 1.92. The number of ether oxygens (including phenoxy) is 1. The van der Waals surface area contributed by atoms with Gasteiger partial charge in [0, 0.05) is 18.1 Å². The minimum Gasteiger partial charge on any atom is -0.383 e. The van der Waals surface area contributed by atoms with Gasteiger partial charge in [-0.05, 0) is 18.2 Å². The molecular weight excluding hydrogens is 328 g/mol. The highest BCUT2D eigenvalue weighted by Gasteiger charge is 2.36. The summed E-state index contributed by atoms with van der Waals surface area (Å²) in [6.45, 7) is 0.565. The first-order chi connectivity index (χ1) is 9.54. The van der Waals surface area contributed by atoms with Crippen LogP contribution < -0.4 is 10.2 Å². The van der Waals surface area contributed by atoms with Crippen LogP contribution in [-0.4, -0.2) is 44.4 Å². The molecule has 106 valence electrons. The normalized spacial score (nSPS) is 13.6. The molecule has 20 heavy (non-hydrogen) atoms. The number of carbonyl (C=O) groups excluding carboxylic acids is 3. The SMILES string of the molecule is COCCNC(=O)CN1C(=O)C(=O)c2ccc(Br)cc21. The van der Waals surface area contributed by atoms with Crippen LogP contribution in [0.5, 0.6) is 0 Å². The third-order valence-electron chi connectivity index (χ3n) is 2.86. The van der Waals surface area contributed by atoms with Crippen molar-refractivity contribution in [1.29, 1.82) is 0 Å². The lowest BCUT2D eigenvalue weighted by Crippen LogP contribution is -2.41. The van der Waals surface area contributed by atoms with Crippen molar-refractivity contribution < 1.29 is 19.1 Å². The number of fused-ring (bicyclic) bond motifs is 1. The van der Waals surface area contributed by atoms with Gasteiger partial charge in [-0.25, -0.2) is 0 Å². The standard InChI is InChI=1S/C13H13BrN2O4/c1-20-5-4-15-11(17)7-16-10-6-8(14)2-3-9(10)12(18)13(16)19/h2-3,6H,4-5,7H2,1H3,(H,15,17). The first kappa shape index (κ1) is 14.7. The van der Waals surface area contributed by atoms with Crippen molar-refractivity contribution in [1.82, 2.24) is 5.32 Å². The van der Waals surface area contributed by atoms with E-state index in [1.54, 1.807) is 18.2 Å². The third kappa shape index (κ3) is 2.88. The molecule has 0 saturated heterocycles. The number of methoxy groups -OCH3 is 1. The first-order valence-corrected chi connectivity index (χ1v) is 6.75. The molecule has 1 aliphatic heterocycles. The van der Waals surface area contributed by atoms with Crippen LogP contribution in [0.25, 0.3) is 0 Å². The summed E-state index contributed by atoms with van der Waals surface area (Å²) in [5.74, 6) is -1.60. The first-order valence-electron chi connectivity index (χ1n) is 5.96. The summed E-state index contributed by atoms with van der Waals surface area (Å²) >= 11 is 3.28. The van der Waals surface area contributed by atoms with Crippen molar-refractivity contribution in [2.24, 2.45) is 0 Å². The molecule has 1 heterocycles. The summed E-state index contributed by atoms with van der Waals surface area (Å²) in [5, 5.41) is 2.61. The van der Waals surface area contributed by atoms with Crippen LogP contribution in [0.15, 0.2) is 22.7 Å². The number of ketones is 1. The summed E-state index contributed by atoms with van der Waals surface area (Å²) in [6, 6.07) is 4.91. The molecule has 0 atom stereocenters. The lowest BCUT2D eigenvalue weighted by molar-refractivity contribution is -0.122. The topological polar surface area (TPSA) is 75.7 Å². The number of Topliss-reactive ketones (excluding diaryl/α,β-unsaturated/α-hetero) is 1. The largest absolute Gasteiger partial charge is 0.383 e. The Morgan fingerprint density at radius 2 is 2.15 bits per heavy atom. The van der Waals surface area contributed by atoms with E-state index in [2.05, 4.69) is 21.2 Å². The van der Waals surface area contributed by atoms with E-state index < -0.39 is 11.7 Å². The fraction of sp³-hybridized carbons (Fsp3) is 0.308. The molecule has 7 heteroatoms. The number of nitrogens with zero attached hydrogens (tertiary/aromatic N) is 1. The fourth-order valence-corrected chi connectivity index (χ4v) is 2.27. The van der Waals surface area contributed by atoms with Crippen LogP contribution >= 0.6 is 15.9 Å². The van der Waals surface area contributed by atoms with Gasteiger partial charge < -0.3 is 10.1 Å². The maximum Gasteiger partial charge on any atom is 0.299 e. The molecule has 1 aromatic carbocycles. The quantitative estimate of drug-likeness (QED) is 0.633. The molecule has 0 spiro atoms. The number of amides is 2. The lowest BCUT2D eigenvalue weighted by atomic mass is 10.1. The zero-order valence-electron chi connectivity index (χ0n) is 10.8. The molecule has 1 aliphatic rings. The van der Waals surface area contributed by atoms with Gasteiger partial charge in [-0.3, -0.25) is 19.3 Å². The summed E-state index contributed by atoms with van der Waals surface area (Å²) in [4.78, 5) is 36.6. The molecule has 0 radical (unpaired) electrons. The highest BCUT2D eigenvalue weighted by Crippen LogP contribution is 2.31. The zero-order chi connectivity index (χ0) is 14.7. The maximum atomic E-state index is 11.9. The van der Waals surface area contributed by atoms with E-state index in [-0.39, 0.29) is 12.5 Å². The second kappa shape index (κ2) is 6.15. The number of benzene rings is 1. The van der Waals surface area contributed by atoms with E-state index in [1.807, 2.05) is 0 Å². The van der Waals surface area contributed by atoms with Gasteiger partial charge in [0.1, 0.15) is 6.54 Å². The van der Waals surface area contributed by atoms with Gasteiger partial charge in [-0.15, -0.1) is 0 Å². The molecular formula is C13H13BrN2O4. The monoisotopic (exact) mass is 340 g/mol. The van der Waals surface area contributed by atoms with Crippen LogP contribution in [0.2, 0.25) is 0 Å². The minimum atomic E-state index is -0.681. The van der Waals surface area contributed by atoms with Crippen molar-refractivity contribution in [3.8, 4) is 0 Å². The number of anilines is 1. The summed E-state index contributed by atoms with van der Waals surface area (Å²) in [5.41, 5.74) is 0.777. The predicted octanol–water partition coefficient (Wildman–Crippen LogP) is 0.741.